The molecular formula is C14H17ClN2O3S. The predicted octanol–water partition coefficient (Wildman–Crippen LogP) is 2.52. The van der Waals surface area contributed by atoms with Crippen LogP contribution in [0.5, 0.6) is 5.75 Å². The molecule has 1 heterocycles. The van der Waals surface area contributed by atoms with E-state index in [2.05, 4.69) is 4.72 Å². The third kappa shape index (κ3) is 4.23. The number of halogens is 1. The van der Waals surface area contributed by atoms with E-state index in [9.17, 15) is 8.42 Å². The number of benzene rings is 1. The molecule has 114 valence electrons. The Bertz CT molecular complexity index is 684. The highest BCUT2D eigenvalue weighted by molar-refractivity contribution is 7.89. The molecule has 0 atom stereocenters. The van der Waals surface area contributed by atoms with Crippen LogP contribution in [0.4, 0.5) is 0 Å². The number of hydrogen-bond acceptors (Lipinski definition) is 3. The smallest absolute Gasteiger partial charge is 0.240 e. The Balaban J connectivity index is 1.93. The lowest BCUT2D eigenvalue weighted by Gasteiger charge is -2.09. The highest BCUT2D eigenvalue weighted by atomic mass is 35.5. The molecule has 21 heavy (non-hydrogen) atoms. The van der Waals surface area contributed by atoms with E-state index in [4.69, 9.17) is 16.3 Å². The van der Waals surface area contributed by atoms with Gasteiger partial charge >= 0.3 is 0 Å². The number of aromatic nitrogens is 1. The van der Waals surface area contributed by atoms with Gasteiger partial charge in [0.2, 0.25) is 10.0 Å². The maximum Gasteiger partial charge on any atom is 0.240 e. The molecule has 1 aromatic heterocycles. The van der Waals surface area contributed by atoms with Crippen LogP contribution in [0.3, 0.4) is 0 Å². The second-order valence-electron chi connectivity index (χ2n) is 4.47. The van der Waals surface area contributed by atoms with Crippen molar-refractivity contribution < 1.29 is 13.2 Å². The molecule has 2 aromatic rings. The lowest BCUT2D eigenvalue weighted by molar-refractivity contribution is 0.414. The first-order chi connectivity index (χ1) is 10.0. The van der Waals surface area contributed by atoms with E-state index >= 15 is 0 Å². The SMILES string of the molecule is COc1ccc(S(=O)(=O)NCCCn2cccc2)cc1Cl. The van der Waals surface area contributed by atoms with Gasteiger partial charge in [-0.25, -0.2) is 13.1 Å². The fourth-order valence-corrected chi connectivity index (χ4v) is 3.31. The van der Waals surface area contributed by atoms with E-state index < -0.39 is 10.0 Å². The minimum Gasteiger partial charge on any atom is -0.495 e. The normalized spacial score (nSPS) is 11.5. The van der Waals surface area contributed by atoms with Crippen LogP contribution in [-0.4, -0.2) is 26.6 Å². The van der Waals surface area contributed by atoms with Gasteiger partial charge in [0, 0.05) is 25.5 Å². The summed E-state index contributed by atoms with van der Waals surface area (Å²) in [6.07, 6.45) is 4.59. The summed E-state index contributed by atoms with van der Waals surface area (Å²) >= 11 is 5.94. The molecule has 0 saturated heterocycles. The molecule has 0 bridgehead atoms. The average molecular weight is 329 g/mol. The van der Waals surface area contributed by atoms with Crippen LogP contribution in [0.2, 0.25) is 5.02 Å². The number of ether oxygens (including phenoxy) is 1. The molecule has 0 saturated carbocycles. The zero-order valence-electron chi connectivity index (χ0n) is 11.6. The Morgan fingerprint density at radius 2 is 2.00 bits per heavy atom. The fraction of sp³-hybridized carbons (Fsp3) is 0.286. The van der Waals surface area contributed by atoms with Crippen molar-refractivity contribution >= 4 is 21.6 Å². The Morgan fingerprint density at radius 3 is 2.62 bits per heavy atom. The number of nitrogens with one attached hydrogen (secondary N) is 1. The van der Waals surface area contributed by atoms with Gasteiger partial charge in [0.1, 0.15) is 5.75 Å². The van der Waals surface area contributed by atoms with Crippen LogP contribution in [0, 0.1) is 0 Å². The van der Waals surface area contributed by atoms with Crippen LogP contribution in [0.1, 0.15) is 6.42 Å². The summed E-state index contributed by atoms with van der Waals surface area (Å²) in [5.74, 6) is 0.447. The van der Waals surface area contributed by atoms with Crippen LogP contribution in [-0.2, 0) is 16.6 Å². The van der Waals surface area contributed by atoms with Gasteiger partial charge in [0.25, 0.3) is 0 Å². The van der Waals surface area contributed by atoms with Crippen LogP contribution in [0.15, 0.2) is 47.6 Å². The highest BCUT2D eigenvalue weighted by Crippen LogP contribution is 2.26. The predicted molar refractivity (Wildman–Crippen MR) is 82.2 cm³/mol. The minimum absolute atomic E-state index is 0.134. The summed E-state index contributed by atoms with van der Waals surface area (Å²) in [7, 11) is -2.07. The second kappa shape index (κ2) is 6.98. The largest absolute Gasteiger partial charge is 0.495 e. The molecule has 1 N–H and O–H groups in total. The first kappa shape index (κ1) is 15.9. The maximum absolute atomic E-state index is 12.1. The minimum atomic E-state index is -3.55. The molecule has 0 spiro atoms. The Labute approximate surface area is 129 Å². The lowest BCUT2D eigenvalue weighted by atomic mass is 10.3. The van der Waals surface area contributed by atoms with E-state index in [0.717, 1.165) is 6.54 Å². The summed E-state index contributed by atoms with van der Waals surface area (Å²) in [6.45, 7) is 1.13. The molecule has 0 amide bonds. The molecular weight excluding hydrogens is 312 g/mol. The van der Waals surface area contributed by atoms with E-state index in [0.29, 0.717) is 18.7 Å². The molecule has 0 radical (unpaired) electrons. The summed E-state index contributed by atoms with van der Waals surface area (Å²) in [5, 5.41) is 0.271. The van der Waals surface area contributed by atoms with Crippen LogP contribution < -0.4 is 9.46 Å². The van der Waals surface area contributed by atoms with Crippen LogP contribution >= 0.6 is 11.6 Å². The summed E-state index contributed by atoms with van der Waals surface area (Å²) in [6, 6.07) is 8.26. The number of sulfonamides is 1. The first-order valence-corrected chi connectivity index (χ1v) is 8.33. The van der Waals surface area contributed by atoms with Gasteiger partial charge in [-0.05, 0) is 36.8 Å². The third-order valence-corrected chi connectivity index (χ3v) is 4.74. The topological polar surface area (TPSA) is 60.3 Å². The molecule has 7 heteroatoms. The van der Waals surface area contributed by atoms with E-state index in [1.54, 1.807) is 0 Å². The standard InChI is InChI=1S/C14H17ClN2O3S/c1-20-14-6-5-12(11-13(14)15)21(18,19)16-7-4-10-17-8-2-3-9-17/h2-3,5-6,8-9,11,16H,4,7,10H2,1H3. The van der Waals surface area contributed by atoms with Gasteiger partial charge in [-0.2, -0.15) is 0 Å². The highest BCUT2D eigenvalue weighted by Gasteiger charge is 2.15. The van der Waals surface area contributed by atoms with Crippen LogP contribution in [0.25, 0.3) is 0 Å². The molecule has 0 aliphatic carbocycles. The van der Waals surface area contributed by atoms with Crippen molar-refractivity contribution in [3.63, 3.8) is 0 Å². The number of rotatable bonds is 7. The summed E-state index contributed by atoms with van der Waals surface area (Å²) < 4.78 is 33.8. The number of hydrogen-bond donors (Lipinski definition) is 1. The van der Waals surface area contributed by atoms with E-state index in [1.165, 1.54) is 25.3 Å². The zero-order valence-corrected chi connectivity index (χ0v) is 13.2. The van der Waals surface area contributed by atoms with Gasteiger partial charge in [-0.3, -0.25) is 0 Å². The quantitative estimate of drug-likeness (QED) is 0.794. The van der Waals surface area contributed by atoms with Gasteiger partial charge in [-0.1, -0.05) is 11.6 Å². The number of aryl methyl sites for hydroxylation is 1. The molecule has 0 unspecified atom stereocenters. The van der Waals surface area contributed by atoms with E-state index in [1.807, 2.05) is 29.1 Å². The van der Waals surface area contributed by atoms with Gasteiger partial charge in [0.15, 0.2) is 0 Å². The molecule has 5 nitrogen and oxygen atoms in total. The van der Waals surface area contributed by atoms with E-state index in [-0.39, 0.29) is 9.92 Å². The summed E-state index contributed by atoms with van der Waals surface area (Å²) in [4.78, 5) is 0.134. The second-order valence-corrected chi connectivity index (χ2v) is 6.64. The maximum atomic E-state index is 12.1. The molecule has 1 aromatic carbocycles. The van der Waals surface area contributed by atoms with Crippen molar-refractivity contribution in [2.24, 2.45) is 0 Å². The molecule has 0 aliphatic rings. The van der Waals surface area contributed by atoms with Crippen molar-refractivity contribution in [3.8, 4) is 5.75 Å². The van der Waals surface area contributed by atoms with Crippen molar-refractivity contribution in [2.45, 2.75) is 17.9 Å². The zero-order chi connectivity index (χ0) is 15.3. The Kier molecular flexibility index (Phi) is 5.27. The van der Waals surface area contributed by atoms with Gasteiger partial charge in [0.05, 0.1) is 17.0 Å². The molecule has 0 fully saturated rings. The molecule has 2 rings (SSSR count). The number of methoxy groups -OCH3 is 1. The Morgan fingerprint density at radius 1 is 1.29 bits per heavy atom. The lowest BCUT2D eigenvalue weighted by Crippen LogP contribution is -2.25. The average Bonchev–Trinajstić information content (AvgIpc) is 2.97. The summed E-state index contributed by atoms with van der Waals surface area (Å²) in [5.41, 5.74) is 0. The fourth-order valence-electron chi connectivity index (χ4n) is 1.89. The van der Waals surface area contributed by atoms with Crippen molar-refractivity contribution in [1.82, 2.24) is 9.29 Å². The third-order valence-electron chi connectivity index (χ3n) is 2.98. The van der Waals surface area contributed by atoms with Crippen molar-refractivity contribution in [2.75, 3.05) is 13.7 Å². The first-order valence-electron chi connectivity index (χ1n) is 6.47. The van der Waals surface area contributed by atoms with Gasteiger partial charge in [-0.15, -0.1) is 0 Å². The number of nitrogens with zero attached hydrogens (tertiary/aromatic N) is 1. The van der Waals surface area contributed by atoms with Crippen molar-refractivity contribution in [3.05, 3.63) is 47.7 Å². The van der Waals surface area contributed by atoms with Crippen molar-refractivity contribution in [1.29, 1.82) is 0 Å². The monoisotopic (exact) mass is 328 g/mol. The van der Waals surface area contributed by atoms with Gasteiger partial charge < -0.3 is 9.30 Å². The Hall–Kier alpha value is -1.50. The molecule has 0 aliphatic heterocycles.